The molecule has 0 unspecified atom stereocenters. The molecule has 2 rings (SSSR count). The van der Waals surface area contributed by atoms with Gasteiger partial charge in [-0.1, -0.05) is 36.4 Å². The van der Waals surface area contributed by atoms with E-state index in [0.29, 0.717) is 5.39 Å². The molecular weight excluding hydrogens is 265 g/mol. The van der Waals surface area contributed by atoms with Gasteiger partial charge < -0.3 is 5.73 Å². The Labute approximate surface area is 111 Å². The van der Waals surface area contributed by atoms with Crippen LogP contribution in [0.4, 0.5) is 4.39 Å². The Morgan fingerprint density at radius 2 is 1.84 bits per heavy atom. The number of fused-ring (bicyclic) bond motifs is 1. The molecule has 5 heteroatoms. The zero-order valence-corrected chi connectivity index (χ0v) is 11.0. The second kappa shape index (κ2) is 5.50. The highest BCUT2D eigenvalue weighted by Gasteiger charge is 2.19. The normalized spacial score (nSPS) is 12.8. The lowest BCUT2D eigenvalue weighted by Crippen LogP contribution is -2.09. The van der Waals surface area contributed by atoms with Crippen molar-refractivity contribution in [3.8, 4) is 0 Å². The Morgan fingerprint density at radius 1 is 1.16 bits per heavy atom. The SMILES string of the molecule is NC/C=C(\F)CS(=O)(=O)c1cccc2ccccc12. The number of rotatable bonds is 4. The van der Waals surface area contributed by atoms with Crippen LogP contribution in [0.5, 0.6) is 0 Å². The van der Waals surface area contributed by atoms with E-state index in [0.717, 1.165) is 11.5 Å². The van der Waals surface area contributed by atoms with Crippen LogP contribution in [-0.4, -0.2) is 20.7 Å². The first-order valence-corrected chi connectivity index (χ1v) is 7.45. The Kier molecular flexibility index (Phi) is 3.97. The molecule has 2 N–H and O–H groups in total. The first kappa shape index (κ1) is 13.7. The third kappa shape index (κ3) is 3.00. The fourth-order valence-corrected chi connectivity index (χ4v) is 3.36. The molecule has 0 aliphatic carbocycles. The molecule has 2 aromatic rings. The zero-order valence-electron chi connectivity index (χ0n) is 10.2. The largest absolute Gasteiger partial charge is 0.327 e. The molecule has 0 atom stereocenters. The molecule has 0 fully saturated rings. The van der Waals surface area contributed by atoms with Gasteiger partial charge in [0.2, 0.25) is 0 Å². The van der Waals surface area contributed by atoms with Crippen LogP contribution in [0.2, 0.25) is 0 Å². The van der Waals surface area contributed by atoms with Crippen molar-refractivity contribution in [3.05, 3.63) is 54.4 Å². The third-order valence-electron chi connectivity index (χ3n) is 2.75. The van der Waals surface area contributed by atoms with E-state index in [-0.39, 0.29) is 11.4 Å². The van der Waals surface area contributed by atoms with Crippen LogP contribution in [0.25, 0.3) is 10.8 Å². The molecule has 2 aromatic carbocycles. The summed E-state index contributed by atoms with van der Waals surface area (Å²) in [5.41, 5.74) is 5.17. The Balaban J connectivity index is 2.52. The van der Waals surface area contributed by atoms with E-state index in [1.807, 2.05) is 18.2 Å². The lowest BCUT2D eigenvalue weighted by molar-refractivity contribution is 0.584. The summed E-state index contributed by atoms with van der Waals surface area (Å²) in [4.78, 5) is 0.145. The highest BCUT2D eigenvalue weighted by molar-refractivity contribution is 7.91. The molecule has 0 bridgehead atoms. The van der Waals surface area contributed by atoms with Crippen molar-refractivity contribution < 1.29 is 12.8 Å². The van der Waals surface area contributed by atoms with E-state index in [1.54, 1.807) is 18.2 Å². The fourth-order valence-electron chi connectivity index (χ4n) is 1.91. The van der Waals surface area contributed by atoms with Crippen molar-refractivity contribution in [2.45, 2.75) is 4.90 Å². The van der Waals surface area contributed by atoms with Gasteiger partial charge in [0.1, 0.15) is 11.6 Å². The van der Waals surface area contributed by atoms with E-state index in [9.17, 15) is 12.8 Å². The topological polar surface area (TPSA) is 60.2 Å². The van der Waals surface area contributed by atoms with Crippen molar-refractivity contribution in [2.24, 2.45) is 5.73 Å². The Hall–Kier alpha value is -1.72. The van der Waals surface area contributed by atoms with Crippen LogP contribution in [0.3, 0.4) is 0 Å². The summed E-state index contributed by atoms with van der Waals surface area (Å²) in [6, 6.07) is 12.1. The minimum atomic E-state index is -3.71. The van der Waals surface area contributed by atoms with Gasteiger partial charge in [-0.15, -0.1) is 0 Å². The molecule has 0 spiro atoms. The number of hydrogen-bond acceptors (Lipinski definition) is 3. The predicted octanol–water partition coefficient (Wildman–Crippen LogP) is 2.43. The van der Waals surface area contributed by atoms with E-state index in [4.69, 9.17) is 5.73 Å². The van der Waals surface area contributed by atoms with E-state index >= 15 is 0 Å². The summed E-state index contributed by atoms with van der Waals surface area (Å²) in [6.07, 6.45) is 1.07. The van der Waals surface area contributed by atoms with Gasteiger partial charge in [-0.25, -0.2) is 12.8 Å². The number of nitrogens with two attached hydrogens (primary N) is 1. The average Bonchev–Trinajstić information content (AvgIpc) is 2.37. The molecule has 0 aromatic heterocycles. The van der Waals surface area contributed by atoms with Gasteiger partial charge in [0.15, 0.2) is 9.84 Å². The molecule has 0 radical (unpaired) electrons. The maximum atomic E-state index is 13.4. The Bertz CT molecular complexity index is 718. The molecule has 0 amide bonds. The van der Waals surface area contributed by atoms with Gasteiger partial charge >= 0.3 is 0 Å². The summed E-state index contributed by atoms with van der Waals surface area (Å²) in [6.45, 7) is -0.0170. The molecule has 0 saturated carbocycles. The first-order chi connectivity index (χ1) is 9.04. The lowest BCUT2D eigenvalue weighted by Gasteiger charge is -2.07. The smallest absolute Gasteiger partial charge is 0.185 e. The summed E-state index contributed by atoms with van der Waals surface area (Å²) in [7, 11) is -3.71. The third-order valence-corrected chi connectivity index (χ3v) is 4.43. The monoisotopic (exact) mass is 279 g/mol. The maximum Gasteiger partial charge on any atom is 0.185 e. The zero-order chi connectivity index (χ0) is 13.9. The van der Waals surface area contributed by atoms with Gasteiger partial charge in [-0.3, -0.25) is 0 Å². The van der Waals surface area contributed by atoms with Crippen molar-refractivity contribution >= 4 is 20.6 Å². The quantitative estimate of drug-likeness (QED) is 0.935. The van der Waals surface area contributed by atoms with E-state index in [1.165, 1.54) is 6.07 Å². The predicted molar refractivity (Wildman–Crippen MR) is 74.2 cm³/mol. The van der Waals surface area contributed by atoms with Crippen molar-refractivity contribution in [2.75, 3.05) is 12.3 Å². The number of sulfone groups is 1. The standard InChI is InChI=1S/C14H14FNO2S/c15-12(8-9-16)10-19(17,18)14-7-3-5-11-4-1-2-6-13(11)14/h1-8H,9-10,16H2/b12-8-. The lowest BCUT2D eigenvalue weighted by atomic mass is 10.1. The van der Waals surface area contributed by atoms with Crippen molar-refractivity contribution in [3.63, 3.8) is 0 Å². The van der Waals surface area contributed by atoms with Gasteiger partial charge in [-0.2, -0.15) is 0 Å². The fraction of sp³-hybridized carbons (Fsp3) is 0.143. The van der Waals surface area contributed by atoms with E-state index < -0.39 is 21.4 Å². The summed E-state index contributed by atoms with van der Waals surface area (Å²) < 4.78 is 37.8. The van der Waals surface area contributed by atoms with Crippen LogP contribution in [0, 0.1) is 0 Å². The first-order valence-electron chi connectivity index (χ1n) is 5.80. The van der Waals surface area contributed by atoms with Gasteiger partial charge in [0, 0.05) is 11.9 Å². The highest BCUT2D eigenvalue weighted by atomic mass is 32.2. The number of hydrogen-bond donors (Lipinski definition) is 1. The van der Waals surface area contributed by atoms with Crippen LogP contribution in [0.1, 0.15) is 0 Å². The molecule has 3 nitrogen and oxygen atoms in total. The van der Waals surface area contributed by atoms with Crippen LogP contribution < -0.4 is 5.73 Å². The van der Waals surface area contributed by atoms with Crippen LogP contribution in [0.15, 0.2) is 59.3 Å². The molecule has 0 aliphatic rings. The minimum absolute atomic E-state index is 0.0170. The molecule has 19 heavy (non-hydrogen) atoms. The maximum absolute atomic E-state index is 13.4. The number of benzene rings is 2. The van der Waals surface area contributed by atoms with Gasteiger partial charge in [0.05, 0.1) is 4.90 Å². The van der Waals surface area contributed by atoms with Crippen LogP contribution in [-0.2, 0) is 9.84 Å². The van der Waals surface area contributed by atoms with Crippen molar-refractivity contribution in [1.29, 1.82) is 0 Å². The minimum Gasteiger partial charge on any atom is -0.327 e. The van der Waals surface area contributed by atoms with Crippen molar-refractivity contribution in [1.82, 2.24) is 0 Å². The molecule has 0 aliphatic heterocycles. The van der Waals surface area contributed by atoms with E-state index in [2.05, 4.69) is 0 Å². The summed E-state index contributed by atoms with van der Waals surface area (Å²) >= 11 is 0. The average molecular weight is 279 g/mol. The second-order valence-electron chi connectivity index (χ2n) is 4.12. The Morgan fingerprint density at radius 3 is 2.58 bits per heavy atom. The molecule has 0 saturated heterocycles. The van der Waals surface area contributed by atoms with Crippen LogP contribution >= 0.6 is 0 Å². The molecule has 100 valence electrons. The molecular formula is C14H14FNO2S. The van der Waals surface area contributed by atoms with Gasteiger partial charge in [-0.05, 0) is 17.5 Å². The molecule has 0 heterocycles. The van der Waals surface area contributed by atoms with Gasteiger partial charge in [0.25, 0.3) is 0 Å². The number of halogens is 1. The summed E-state index contributed by atoms with van der Waals surface area (Å²) in [5.74, 6) is -1.38. The summed E-state index contributed by atoms with van der Waals surface area (Å²) in [5, 5.41) is 1.41. The second-order valence-corrected chi connectivity index (χ2v) is 6.08. The highest BCUT2D eigenvalue weighted by Crippen LogP contribution is 2.24.